The highest BCUT2D eigenvalue weighted by molar-refractivity contribution is 5.85. The number of pyridine rings is 1. The number of carboxylic acids is 1. The molecule has 10 heteroatoms. The Kier molecular flexibility index (Phi) is 10.8. The van der Waals surface area contributed by atoms with Crippen LogP contribution in [-0.2, 0) is 25.7 Å². The largest absolute Gasteiger partial charge is 0.481 e. The normalized spacial score (nSPS) is 42.0. The van der Waals surface area contributed by atoms with Crippen LogP contribution in [0.2, 0.25) is 0 Å². The number of ether oxygens (including phenoxy) is 1. The molecule has 356 valence electrons. The van der Waals surface area contributed by atoms with E-state index in [0.717, 1.165) is 88.1 Å². The third kappa shape index (κ3) is 6.63. The quantitative estimate of drug-likeness (QED) is 0.234. The Bertz CT molecular complexity index is 2200. The minimum atomic E-state index is -0.812. The van der Waals surface area contributed by atoms with Crippen molar-refractivity contribution >= 4 is 17.8 Å². The molecule has 8 aliphatic rings. The third-order valence-corrected chi connectivity index (χ3v) is 22.2. The Balaban J connectivity index is 0.928. The molecule has 65 heavy (non-hydrogen) atoms. The molecular formula is C55H81N5O5. The summed E-state index contributed by atoms with van der Waals surface area (Å²) in [6.45, 7) is 21.7. The summed E-state index contributed by atoms with van der Waals surface area (Å²) in [6, 6.07) is 4.06. The van der Waals surface area contributed by atoms with Crippen LogP contribution in [0.3, 0.4) is 0 Å². The fraction of sp³-hybridized carbons (Fsp3) is 0.800. The predicted octanol–water partition coefficient (Wildman–Crippen LogP) is 10.7. The van der Waals surface area contributed by atoms with E-state index in [2.05, 4.69) is 87.3 Å². The van der Waals surface area contributed by atoms with Crippen molar-refractivity contribution in [3.05, 3.63) is 36.5 Å². The first-order valence-corrected chi connectivity index (χ1v) is 26.0. The SMILES string of the molecule is CN(C)CCn1cc(-c2cccnc2)nc1[C@@H]1CCCN1C(=O)[C@]12CC[C@@H](C3(C)CC3)[C@@H]1[C@H]1CC[C@@H]3[C@@]4(C)CC[C@H](OC(=O)C5C[C@@H](C(=O)O)C5(C)C)C(C)(C)[C@@H]4CC[C@@]3(C)[C@]1(C)CC2. The van der Waals surface area contributed by atoms with Crippen LogP contribution in [-0.4, -0.2) is 80.6 Å². The van der Waals surface area contributed by atoms with Crippen molar-refractivity contribution in [3.8, 4) is 11.3 Å². The van der Waals surface area contributed by atoms with Crippen LogP contribution in [0.1, 0.15) is 164 Å². The smallest absolute Gasteiger partial charge is 0.309 e. The van der Waals surface area contributed by atoms with E-state index in [9.17, 15) is 14.7 Å². The molecule has 0 spiro atoms. The number of amides is 1. The predicted molar refractivity (Wildman–Crippen MR) is 252 cm³/mol. The first-order chi connectivity index (χ1) is 30.6. The summed E-state index contributed by atoms with van der Waals surface area (Å²) < 4.78 is 8.86. The van der Waals surface area contributed by atoms with Crippen LogP contribution in [0, 0.1) is 79.3 Å². The standard InChI is InChI=1S/C55H81N5O5/c1-49(2)37(46(61)62)31-38(49)47(63)65-43-19-20-52(6)41(50(43,3)4)18-21-54(8)42(52)16-15-36-44-35(51(5)23-24-51)17-22-55(44,26-25-53(36,54)7)48(64)60-28-12-14-40(60)45-57-39(34-13-11-27-56-32-34)33-59(45)30-29-58(9)10/h11,13,27,32-33,35-38,40-44H,12,14-26,28-31H2,1-10H3,(H,61,62)/t35-,36-,37+,38?,40+,41+,42-,43+,44-,52+,53-,54-,55+/m1/s1. The molecule has 1 amide bonds. The summed E-state index contributed by atoms with van der Waals surface area (Å²) >= 11 is 0. The number of hydrogen-bond donors (Lipinski definition) is 1. The van der Waals surface area contributed by atoms with Gasteiger partial charge in [0, 0.05) is 49.2 Å². The van der Waals surface area contributed by atoms with Gasteiger partial charge in [-0.05, 0) is 179 Å². The molecule has 1 aliphatic heterocycles. The number of aromatic nitrogens is 3. The van der Waals surface area contributed by atoms with Crippen molar-refractivity contribution in [3.63, 3.8) is 0 Å². The molecule has 7 saturated carbocycles. The molecule has 10 rings (SSSR count). The maximum atomic E-state index is 16.0. The van der Waals surface area contributed by atoms with Crippen LogP contribution in [0.5, 0.6) is 0 Å². The lowest BCUT2D eigenvalue weighted by atomic mass is 9.32. The maximum Gasteiger partial charge on any atom is 0.309 e. The Morgan fingerprint density at radius 1 is 0.815 bits per heavy atom. The molecule has 13 atom stereocenters. The van der Waals surface area contributed by atoms with Gasteiger partial charge < -0.3 is 24.2 Å². The molecule has 0 aromatic carbocycles. The van der Waals surface area contributed by atoms with E-state index in [1.54, 1.807) is 0 Å². The van der Waals surface area contributed by atoms with Gasteiger partial charge in [0.05, 0.1) is 29.0 Å². The molecule has 1 saturated heterocycles. The van der Waals surface area contributed by atoms with Crippen LogP contribution >= 0.6 is 0 Å². The topological polar surface area (TPSA) is 118 Å². The number of fused-ring (bicyclic) bond motifs is 7. The second-order valence-corrected chi connectivity index (χ2v) is 25.8. The second kappa shape index (κ2) is 15.4. The number of esters is 1. The molecule has 7 aliphatic carbocycles. The second-order valence-electron chi connectivity index (χ2n) is 25.8. The van der Waals surface area contributed by atoms with Gasteiger partial charge in [0.2, 0.25) is 5.91 Å². The van der Waals surface area contributed by atoms with E-state index in [4.69, 9.17) is 9.72 Å². The van der Waals surface area contributed by atoms with E-state index in [1.807, 2.05) is 32.3 Å². The molecule has 0 radical (unpaired) electrons. The number of aliphatic carboxylic acids is 1. The lowest BCUT2D eigenvalue weighted by Gasteiger charge is -2.73. The Morgan fingerprint density at radius 2 is 1.58 bits per heavy atom. The van der Waals surface area contributed by atoms with Gasteiger partial charge in [-0.15, -0.1) is 0 Å². The number of likely N-dealkylation sites (N-methyl/N-ethyl adjacent to an activating group) is 1. The van der Waals surface area contributed by atoms with Gasteiger partial charge in [-0.25, -0.2) is 4.98 Å². The maximum absolute atomic E-state index is 16.0. The van der Waals surface area contributed by atoms with Crippen LogP contribution in [0.25, 0.3) is 11.3 Å². The highest BCUT2D eigenvalue weighted by atomic mass is 16.5. The van der Waals surface area contributed by atoms with Gasteiger partial charge in [0.1, 0.15) is 11.9 Å². The van der Waals surface area contributed by atoms with Crippen molar-refractivity contribution in [2.45, 2.75) is 170 Å². The molecular weight excluding hydrogens is 811 g/mol. The fourth-order valence-electron chi connectivity index (χ4n) is 17.9. The number of carbonyl (C=O) groups is 3. The zero-order valence-corrected chi connectivity index (χ0v) is 41.6. The van der Waals surface area contributed by atoms with Gasteiger partial charge in [-0.1, -0.05) is 55.4 Å². The Hall–Kier alpha value is -3.27. The average molecular weight is 892 g/mol. The molecule has 0 bridgehead atoms. The van der Waals surface area contributed by atoms with E-state index in [0.29, 0.717) is 47.3 Å². The molecule has 8 fully saturated rings. The molecule has 1 unspecified atom stereocenters. The van der Waals surface area contributed by atoms with E-state index < -0.39 is 17.3 Å². The van der Waals surface area contributed by atoms with Crippen molar-refractivity contribution in [2.75, 3.05) is 27.2 Å². The van der Waals surface area contributed by atoms with Crippen molar-refractivity contribution < 1.29 is 24.2 Å². The monoisotopic (exact) mass is 892 g/mol. The average Bonchev–Trinajstić information content (AvgIpc) is 3.59. The van der Waals surface area contributed by atoms with Crippen molar-refractivity contribution in [1.82, 2.24) is 24.3 Å². The molecule has 1 N–H and O–H groups in total. The number of imidazole rings is 1. The summed E-state index contributed by atoms with van der Waals surface area (Å²) in [6.07, 6.45) is 21.7. The van der Waals surface area contributed by atoms with E-state index in [1.165, 1.54) is 38.5 Å². The van der Waals surface area contributed by atoms with Crippen LogP contribution in [0.4, 0.5) is 0 Å². The number of carboxylic acid groups (broad SMARTS) is 1. The number of rotatable bonds is 10. The zero-order valence-electron chi connectivity index (χ0n) is 41.6. The van der Waals surface area contributed by atoms with Gasteiger partial charge in [0.25, 0.3) is 0 Å². The Morgan fingerprint density at radius 3 is 2.26 bits per heavy atom. The number of carbonyl (C=O) groups excluding carboxylic acids is 2. The van der Waals surface area contributed by atoms with E-state index in [-0.39, 0.29) is 51.1 Å². The van der Waals surface area contributed by atoms with E-state index >= 15 is 4.79 Å². The van der Waals surface area contributed by atoms with Gasteiger partial charge >= 0.3 is 11.9 Å². The Labute approximate surface area is 389 Å². The number of hydrogen-bond acceptors (Lipinski definition) is 7. The van der Waals surface area contributed by atoms with Gasteiger partial charge in [-0.3, -0.25) is 19.4 Å². The summed E-state index contributed by atoms with van der Waals surface area (Å²) in [5.74, 6) is 2.17. The van der Waals surface area contributed by atoms with Gasteiger partial charge in [0.15, 0.2) is 0 Å². The summed E-state index contributed by atoms with van der Waals surface area (Å²) in [7, 11) is 4.25. The molecule has 2 aromatic rings. The minimum Gasteiger partial charge on any atom is -0.481 e. The molecule has 3 heterocycles. The summed E-state index contributed by atoms with van der Waals surface area (Å²) in [5.41, 5.74) is 1.65. The lowest BCUT2D eigenvalue weighted by molar-refractivity contribution is -0.253. The first-order valence-electron chi connectivity index (χ1n) is 26.0. The van der Waals surface area contributed by atoms with Gasteiger partial charge in [-0.2, -0.15) is 0 Å². The zero-order chi connectivity index (χ0) is 46.3. The highest BCUT2D eigenvalue weighted by Gasteiger charge is 2.74. The van der Waals surface area contributed by atoms with Crippen LogP contribution < -0.4 is 0 Å². The van der Waals surface area contributed by atoms with Crippen molar-refractivity contribution in [1.29, 1.82) is 0 Å². The van der Waals surface area contributed by atoms with Crippen molar-refractivity contribution in [2.24, 2.45) is 79.3 Å². The summed E-state index contributed by atoms with van der Waals surface area (Å²) in [4.78, 5) is 56.1. The number of nitrogens with zero attached hydrogens (tertiary/aromatic N) is 5. The summed E-state index contributed by atoms with van der Waals surface area (Å²) in [5, 5.41) is 9.76. The molecule has 10 nitrogen and oxygen atoms in total. The minimum absolute atomic E-state index is 0.0166. The lowest BCUT2D eigenvalue weighted by Crippen LogP contribution is -2.67. The number of likely N-dealkylation sites (tertiary alicyclic amines) is 1. The highest BCUT2D eigenvalue weighted by Crippen LogP contribution is 2.79. The fourth-order valence-corrected chi connectivity index (χ4v) is 17.9. The third-order valence-electron chi connectivity index (χ3n) is 22.2. The van der Waals surface area contributed by atoms with Crippen LogP contribution in [0.15, 0.2) is 30.7 Å². The first kappa shape index (κ1) is 45.5. The molecule has 2 aromatic heterocycles.